The first-order chi connectivity index (χ1) is 14.7. The lowest BCUT2D eigenvalue weighted by Crippen LogP contribution is -2.43. The molecule has 0 amide bonds. The minimum atomic E-state index is -0.887. The fourth-order valence-electron chi connectivity index (χ4n) is 4.50. The van der Waals surface area contributed by atoms with Crippen molar-refractivity contribution in [2.75, 3.05) is 7.11 Å². The molecular weight excluding hydrogens is 394 g/mol. The van der Waals surface area contributed by atoms with E-state index in [-0.39, 0.29) is 17.8 Å². The van der Waals surface area contributed by atoms with Gasteiger partial charge in [0.15, 0.2) is 5.78 Å². The topological polar surface area (TPSA) is 81.7 Å². The van der Waals surface area contributed by atoms with Gasteiger partial charge < -0.3 is 14.8 Å². The summed E-state index contributed by atoms with van der Waals surface area (Å²) in [5.74, 6) is -2.96. The Kier molecular flexibility index (Phi) is 6.68. The van der Waals surface area contributed by atoms with Crippen molar-refractivity contribution >= 4 is 17.7 Å². The third-order valence-corrected chi connectivity index (χ3v) is 6.35. The number of carbonyl (C=O) groups excluding carboxylic acids is 3. The molecule has 1 aromatic carbocycles. The number of esters is 2. The van der Waals surface area contributed by atoms with Crippen molar-refractivity contribution in [1.82, 2.24) is 5.32 Å². The number of rotatable bonds is 5. The molecule has 2 aliphatic rings. The second-order valence-electron chi connectivity index (χ2n) is 8.52. The van der Waals surface area contributed by atoms with Crippen LogP contribution >= 0.6 is 0 Å². The van der Waals surface area contributed by atoms with E-state index in [1.807, 2.05) is 58.9 Å². The predicted molar refractivity (Wildman–Crippen MR) is 117 cm³/mol. The van der Waals surface area contributed by atoms with E-state index in [1.54, 1.807) is 0 Å². The predicted octanol–water partition coefficient (Wildman–Crippen LogP) is 3.95. The number of ketones is 1. The van der Waals surface area contributed by atoms with E-state index < -0.39 is 23.8 Å². The molecule has 0 radical (unpaired) electrons. The Balaban J connectivity index is 2.18. The quantitative estimate of drug-likeness (QED) is 0.568. The second kappa shape index (κ2) is 9.08. The molecule has 4 atom stereocenters. The molecule has 0 bridgehead atoms. The van der Waals surface area contributed by atoms with E-state index in [1.165, 1.54) is 7.11 Å². The molecule has 1 aliphatic heterocycles. The zero-order chi connectivity index (χ0) is 22.9. The molecule has 166 valence electrons. The number of nitrogens with one attached hydrogen (secondary N) is 1. The summed E-state index contributed by atoms with van der Waals surface area (Å²) >= 11 is 0. The molecule has 0 fully saturated rings. The maximum atomic E-state index is 13.6. The molecule has 0 saturated carbocycles. The van der Waals surface area contributed by atoms with Crippen LogP contribution in [0.2, 0.25) is 0 Å². The highest BCUT2D eigenvalue weighted by Gasteiger charge is 2.47. The Labute approximate surface area is 183 Å². The monoisotopic (exact) mass is 425 g/mol. The van der Waals surface area contributed by atoms with Gasteiger partial charge in [-0.2, -0.15) is 0 Å². The molecule has 6 nitrogen and oxygen atoms in total. The summed E-state index contributed by atoms with van der Waals surface area (Å²) in [6.07, 6.45) is 0.967. The third-order valence-electron chi connectivity index (χ3n) is 6.35. The minimum absolute atomic E-state index is 0.204. The number of hydrogen-bond acceptors (Lipinski definition) is 6. The van der Waals surface area contributed by atoms with Crippen LogP contribution in [-0.4, -0.2) is 30.9 Å². The van der Waals surface area contributed by atoms with E-state index in [2.05, 4.69) is 5.32 Å². The highest BCUT2D eigenvalue weighted by Crippen LogP contribution is 2.46. The molecule has 0 unspecified atom stereocenters. The van der Waals surface area contributed by atoms with Crippen LogP contribution in [0.1, 0.15) is 57.6 Å². The standard InChI is InChI=1S/C25H31NO5/c1-7-15(4)31-25(29)20-16(5)26-18-12-14(3)19(24(28)30-6)23(27)22(18)21(20)17-11-9-8-10-13(17)2/h8-11,14-15,19,21,26H,7,12H2,1-6H3/t14-,15+,19-,21-/m0/s1. The largest absolute Gasteiger partial charge is 0.468 e. The van der Waals surface area contributed by atoms with Gasteiger partial charge >= 0.3 is 11.9 Å². The lowest BCUT2D eigenvalue weighted by molar-refractivity contribution is -0.151. The number of benzene rings is 1. The van der Waals surface area contributed by atoms with E-state index in [9.17, 15) is 14.4 Å². The van der Waals surface area contributed by atoms with Gasteiger partial charge in [0.1, 0.15) is 5.92 Å². The maximum Gasteiger partial charge on any atom is 0.337 e. The number of allylic oxidation sites excluding steroid dienone is 3. The number of dihydropyridines is 1. The number of aryl methyl sites for hydroxylation is 1. The van der Waals surface area contributed by atoms with Crippen LogP contribution in [0.15, 0.2) is 46.8 Å². The van der Waals surface area contributed by atoms with Crippen molar-refractivity contribution in [1.29, 1.82) is 0 Å². The third kappa shape index (κ3) is 4.16. The lowest BCUT2D eigenvalue weighted by atomic mass is 9.68. The molecule has 31 heavy (non-hydrogen) atoms. The first-order valence-corrected chi connectivity index (χ1v) is 10.8. The second-order valence-corrected chi connectivity index (χ2v) is 8.52. The van der Waals surface area contributed by atoms with Gasteiger partial charge in [0.2, 0.25) is 0 Å². The molecule has 1 aliphatic carbocycles. The summed E-state index contributed by atoms with van der Waals surface area (Å²) in [7, 11) is 1.29. The Morgan fingerprint density at radius 2 is 1.90 bits per heavy atom. The van der Waals surface area contributed by atoms with Crippen LogP contribution in [-0.2, 0) is 23.9 Å². The van der Waals surface area contributed by atoms with Crippen LogP contribution in [0, 0.1) is 18.8 Å². The van der Waals surface area contributed by atoms with Gasteiger partial charge in [-0.1, -0.05) is 38.1 Å². The summed E-state index contributed by atoms with van der Waals surface area (Å²) < 4.78 is 10.6. The van der Waals surface area contributed by atoms with Crippen molar-refractivity contribution in [2.45, 2.75) is 59.5 Å². The molecule has 1 heterocycles. The average Bonchev–Trinajstić information content (AvgIpc) is 2.72. The molecule has 0 saturated heterocycles. The maximum absolute atomic E-state index is 13.6. The zero-order valence-electron chi connectivity index (χ0n) is 19.1. The molecule has 0 spiro atoms. The van der Waals surface area contributed by atoms with Crippen molar-refractivity contribution in [3.05, 3.63) is 57.9 Å². The summed E-state index contributed by atoms with van der Waals surface area (Å²) in [6.45, 7) is 9.46. The average molecular weight is 426 g/mol. The number of Topliss-reactive ketones (excluding diaryl/α,β-unsaturated/α-hetero) is 1. The van der Waals surface area contributed by atoms with Gasteiger partial charge in [-0.25, -0.2) is 4.79 Å². The molecular formula is C25H31NO5. The van der Waals surface area contributed by atoms with Crippen LogP contribution in [0.5, 0.6) is 0 Å². The SMILES string of the molecule is CC[C@@H](C)OC(=O)C1=C(C)NC2=C(C(=O)[C@@H](C(=O)OC)[C@@H](C)C2)[C@H]1c1ccccc1C. The smallest absolute Gasteiger partial charge is 0.337 e. The van der Waals surface area contributed by atoms with Crippen molar-refractivity contribution in [3.8, 4) is 0 Å². The van der Waals surface area contributed by atoms with Gasteiger partial charge in [-0.3, -0.25) is 9.59 Å². The zero-order valence-corrected chi connectivity index (χ0v) is 19.1. The van der Waals surface area contributed by atoms with Crippen LogP contribution < -0.4 is 5.32 Å². The van der Waals surface area contributed by atoms with Gasteiger partial charge in [-0.05, 0) is 50.7 Å². The van der Waals surface area contributed by atoms with Gasteiger partial charge in [0.25, 0.3) is 0 Å². The normalized spacial score (nSPS) is 24.3. The molecule has 6 heteroatoms. The number of ether oxygens (including phenoxy) is 2. The fraction of sp³-hybridized carbons (Fsp3) is 0.480. The molecule has 3 rings (SSSR count). The Morgan fingerprint density at radius 1 is 1.23 bits per heavy atom. The number of methoxy groups -OCH3 is 1. The van der Waals surface area contributed by atoms with Crippen molar-refractivity contribution in [3.63, 3.8) is 0 Å². The Bertz CT molecular complexity index is 974. The molecule has 0 aromatic heterocycles. The van der Waals surface area contributed by atoms with Crippen LogP contribution in [0.3, 0.4) is 0 Å². The van der Waals surface area contributed by atoms with E-state index in [0.29, 0.717) is 29.7 Å². The van der Waals surface area contributed by atoms with Gasteiger partial charge in [0, 0.05) is 22.9 Å². The fourth-order valence-corrected chi connectivity index (χ4v) is 4.50. The first-order valence-electron chi connectivity index (χ1n) is 10.8. The van der Waals surface area contributed by atoms with Gasteiger partial charge in [-0.15, -0.1) is 0 Å². The minimum Gasteiger partial charge on any atom is -0.468 e. The van der Waals surface area contributed by atoms with E-state index in [0.717, 1.165) is 16.8 Å². The molecule has 1 aromatic rings. The Hall–Kier alpha value is -2.89. The van der Waals surface area contributed by atoms with E-state index in [4.69, 9.17) is 9.47 Å². The molecule has 1 N–H and O–H groups in total. The summed E-state index contributed by atoms with van der Waals surface area (Å²) in [4.78, 5) is 39.3. The van der Waals surface area contributed by atoms with Crippen LogP contribution in [0.25, 0.3) is 0 Å². The summed E-state index contributed by atoms with van der Waals surface area (Å²) in [6, 6.07) is 7.70. The summed E-state index contributed by atoms with van der Waals surface area (Å²) in [5, 5.41) is 3.28. The van der Waals surface area contributed by atoms with Crippen molar-refractivity contribution in [2.24, 2.45) is 11.8 Å². The highest BCUT2D eigenvalue weighted by molar-refractivity contribution is 6.12. The number of carbonyl (C=O) groups is 3. The van der Waals surface area contributed by atoms with Crippen LogP contribution in [0.4, 0.5) is 0 Å². The Morgan fingerprint density at radius 3 is 2.52 bits per heavy atom. The summed E-state index contributed by atoms with van der Waals surface area (Å²) in [5.41, 5.74) is 4.15. The highest BCUT2D eigenvalue weighted by atomic mass is 16.5. The van der Waals surface area contributed by atoms with Crippen molar-refractivity contribution < 1.29 is 23.9 Å². The lowest BCUT2D eigenvalue weighted by Gasteiger charge is -2.38. The van der Waals surface area contributed by atoms with E-state index >= 15 is 0 Å². The first kappa shape index (κ1) is 22.8. The number of hydrogen-bond donors (Lipinski definition) is 1. The van der Waals surface area contributed by atoms with Gasteiger partial charge in [0.05, 0.1) is 18.8 Å².